The maximum atomic E-state index is 10.7. The molecule has 50 heavy (non-hydrogen) atoms. The molecule has 10 N–H and O–H groups in total. The van der Waals surface area contributed by atoms with Crippen molar-refractivity contribution < 1.29 is 29.3 Å². The highest BCUT2D eigenvalue weighted by atomic mass is 35.5. The van der Waals surface area contributed by atoms with Crippen LogP contribution in [0.25, 0.3) is 10.8 Å². The average Bonchev–Trinajstić information content (AvgIpc) is 3.49. The van der Waals surface area contributed by atoms with E-state index in [2.05, 4.69) is 39.1 Å². The lowest BCUT2D eigenvalue weighted by Crippen LogP contribution is -2.50. The van der Waals surface area contributed by atoms with Gasteiger partial charge in [-0.3, -0.25) is 9.59 Å². The Morgan fingerprint density at radius 1 is 1.04 bits per heavy atom. The molecule has 1 atom stereocenters. The molecule has 0 bridgehead atoms. The van der Waals surface area contributed by atoms with Crippen LogP contribution in [0.5, 0.6) is 11.5 Å². The van der Waals surface area contributed by atoms with Gasteiger partial charge in [-0.05, 0) is 78.7 Å². The zero-order chi connectivity index (χ0) is 36.3. The summed E-state index contributed by atoms with van der Waals surface area (Å²) in [6, 6.07) is 18.7. The van der Waals surface area contributed by atoms with Gasteiger partial charge in [0.1, 0.15) is 37.1 Å². The highest BCUT2D eigenvalue weighted by Crippen LogP contribution is 2.25. The van der Waals surface area contributed by atoms with Crippen LogP contribution in [0.3, 0.4) is 0 Å². The predicted octanol–water partition coefficient (Wildman–Crippen LogP) is 2.47. The molecule has 15 heteroatoms. The van der Waals surface area contributed by atoms with Gasteiger partial charge in [0.2, 0.25) is 0 Å². The molecule has 0 saturated carbocycles. The number of aromatic nitrogens is 2. The maximum Gasteiger partial charge on any atom is 0.271 e. The molecule has 0 aliphatic carbocycles. The Morgan fingerprint density at radius 3 is 2.32 bits per heavy atom. The lowest BCUT2D eigenvalue weighted by molar-refractivity contribution is 0.0536. The van der Waals surface area contributed by atoms with Gasteiger partial charge in [0, 0.05) is 25.2 Å². The number of aliphatic hydroxyl groups excluding tert-OH is 2. The van der Waals surface area contributed by atoms with Crippen LogP contribution in [0.2, 0.25) is 5.15 Å². The Balaban J connectivity index is 0.000000193. The minimum absolute atomic E-state index is 0.0285. The van der Waals surface area contributed by atoms with Crippen LogP contribution in [-0.2, 0) is 6.61 Å². The second-order valence-electron chi connectivity index (χ2n) is 12.0. The van der Waals surface area contributed by atoms with Gasteiger partial charge in [-0.1, -0.05) is 36.4 Å². The number of primary amides is 1. The number of anilines is 2. The third-order valence-corrected chi connectivity index (χ3v) is 8.37. The fourth-order valence-electron chi connectivity index (χ4n) is 5.16. The van der Waals surface area contributed by atoms with Gasteiger partial charge in [-0.25, -0.2) is 9.97 Å². The Morgan fingerprint density at radius 2 is 1.70 bits per heavy atom. The fourth-order valence-corrected chi connectivity index (χ4v) is 5.29. The van der Waals surface area contributed by atoms with E-state index in [-0.39, 0.29) is 35.7 Å². The zero-order valence-corrected chi connectivity index (χ0v) is 28.5. The van der Waals surface area contributed by atoms with Crippen molar-refractivity contribution in [3.05, 3.63) is 95.0 Å². The van der Waals surface area contributed by atoms with Crippen LogP contribution >= 0.6 is 11.6 Å². The molecule has 6 rings (SSSR count). The molecule has 1 unspecified atom stereocenters. The van der Waals surface area contributed by atoms with Crippen molar-refractivity contribution in [2.75, 3.05) is 51.4 Å². The molecular formula is C35H43ClN8O6. The van der Waals surface area contributed by atoms with E-state index in [1.807, 2.05) is 36.4 Å². The number of nitrogens with two attached hydrogens (primary N) is 3. The number of ether oxygens (including phenoxy) is 2. The van der Waals surface area contributed by atoms with Crippen molar-refractivity contribution in [2.45, 2.75) is 31.1 Å². The minimum Gasteiger partial charge on any atom is -0.491 e. The van der Waals surface area contributed by atoms with E-state index in [1.54, 1.807) is 24.3 Å². The molecule has 4 aromatic rings. The molecule has 2 aliphatic rings. The summed E-state index contributed by atoms with van der Waals surface area (Å²) in [5.41, 5.74) is 17.2. The largest absolute Gasteiger partial charge is 0.491 e. The lowest BCUT2D eigenvalue weighted by Gasteiger charge is -2.37. The Bertz CT molecular complexity index is 1780. The van der Waals surface area contributed by atoms with Crippen molar-refractivity contribution in [2.24, 2.45) is 5.73 Å². The Hall–Kier alpha value is -5.15. The van der Waals surface area contributed by atoms with Gasteiger partial charge >= 0.3 is 0 Å². The number of likely N-dealkylation sites (tertiary alicyclic amines) is 1. The topological polar surface area (TPSA) is 224 Å². The molecule has 3 heterocycles. The Labute approximate surface area is 295 Å². The van der Waals surface area contributed by atoms with Gasteiger partial charge in [-0.15, -0.1) is 0 Å². The van der Waals surface area contributed by atoms with Crippen LogP contribution in [0, 0.1) is 0 Å². The van der Waals surface area contributed by atoms with Gasteiger partial charge in [0.15, 0.2) is 22.5 Å². The number of aliphatic hydroxyl groups is 2. The number of piperidine rings is 1. The monoisotopic (exact) mass is 706 g/mol. The van der Waals surface area contributed by atoms with Gasteiger partial charge in [-0.2, -0.15) is 0 Å². The molecule has 1 spiro atoms. The van der Waals surface area contributed by atoms with Crippen molar-refractivity contribution in [3.63, 3.8) is 0 Å². The molecule has 0 radical (unpaired) electrons. The molecule has 1 aromatic heterocycles. The molecule has 2 saturated heterocycles. The summed E-state index contributed by atoms with van der Waals surface area (Å²) >= 11 is 5.47. The lowest BCUT2D eigenvalue weighted by atomic mass is 9.89. The van der Waals surface area contributed by atoms with E-state index in [9.17, 15) is 14.7 Å². The molecule has 266 valence electrons. The third kappa shape index (κ3) is 10.7. The quantitative estimate of drug-likeness (QED) is 0.124. The minimum atomic E-state index is -0.884. The maximum absolute atomic E-state index is 10.7. The predicted molar refractivity (Wildman–Crippen MR) is 193 cm³/mol. The van der Waals surface area contributed by atoms with E-state index in [4.69, 9.17) is 43.4 Å². The van der Waals surface area contributed by atoms with E-state index < -0.39 is 12.0 Å². The number of nitrogen functional groups attached to an aromatic ring is 2. The molecule has 3 aromatic carbocycles. The number of fused-ring (bicyclic) bond motifs is 1. The third-order valence-electron chi connectivity index (χ3n) is 8.09. The van der Waals surface area contributed by atoms with Crippen molar-refractivity contribution in [3.8, 4) is 11.5 Å². The van der Waals surface area contributed by atoms with Crippen molar-refractivity contribution in [1.29, 1.82) is 0 Å². The number of amides is 1. The van der Waals surface area contributed by atoms with Gasteiger partial charge < -0.3 is 52.4 Å². The van der Waals surface area contributed by atoms with Crippen LogP contribution in [-0.4, -0.2) is 88.8 Å². The Kier molecular flexibility index (Phi) is 13.2. The zero-order valence-electron chi connectivity index (χ0n) is 27.8. The number of benzene rings is 3. The van der Waals surface area contributed by atoms with Crippen molar-refractivity contribution >= 4 is 46.2 Å². The van der Waals surface area contributed by atoms with E-state index >= 15 is 0 Å². The first-order chi connectivity index (χ1) is 23.9. The highest BCUT2D eigenvalue weighted by Gasteiger charge is 2.37. The number of hydrogen-bond donors (Lipinski definition) is 7. The summed E-state index contributed by atoms with van der Waals surface area (Å²) in [6.45, 7) is 7.49. The van der Waals surface area contributed by atoms with Gasteiger partial charge in [0.25, 0.3) is 5.91 Å². The summed E-state index contributed by atoms with van der Waals surface area (Å²) in [7, 11) is 2.18. The summed E-state index contributed by atoms with van der Waals surface area (Å²) < 4.78 is 11.2. The number of halogens is 1. The first-order valence-corrected chi connectivity index (χ1v) is 16.2. The van der Waals surface area contributed by atoms with E-state index in [0.717, 1.165) is 35.0 Å². The number of aldehydes is 1. The number of carbonyl (C=O) groups is 2. The van der Waals surface area contributed by atoms with Crippen LogP contribution in [0.4, 0.5) is 11.6 Å². The normalized spacial score (nSPS) is 15.4. The second kappa shape index (κ2) is 17.5. The number of rotatable bonds is 9. The molecular weight excluding hydrogens is 664 g/mol. The van der Waals surface area contributed by atoms with Gasteiger partial charge in [0.05, 0.1) is 18.0 Å². The summed E-state index contributed by atoms with van der Waals surface area (Å²) in [4.78, 5) is 30.8. The van der Waals surface area contributed by atoms with Crippen molar-refractivity contribution in [1.82, 2.24) is 25.5 Å². The first kappa shape index (κ1) is 37.7. The van der Waals surface area contributed by atoms with Crippen LogP contribution < -0.4 is 37.3 Å². The number of hydrogen-bond acceptors (Lipinski definition) is 13. The van der Waals surface area contributed by atoms with E-state index in [0.29, 0.717) is 29.2 Å². The first-order valence-electron chi connectivity index (χ1n) is 15.8. The highest BCUT2D eigenvalue weighted by molar-refractivity contribution is 6.31. The number of nitrogens with one attached hydrogen (secondary N) is 2. The second-order valence-corrected chi connectivity index (χ2v) is 12.4. The molecule has 14 nitrogen and oxygen atoms in total. The molecule has 2 aliphatic heterocycles. The molecule has 2 fully saturated rings. The number of carbonyl (C=O) groups excluding carboxylic acids is 2. The summed E-state index contributed by atoms with van der Waals surface area (Å²) in [5, 5.41) is 26.9. The fraction of sp³-hybridized carbons (Fsp3) is 0.314. The summed E-state index contributed by atoms with van der Waals surface area (Å²) in [6.07, 6.45) is 2.38. The average molecular weight is 707 g/mol. The van der Waals surface area contributed by atoms with Crippen LogP contribution in [0.1, 0.15) is 39.3 Å². The number of nitrogens with zero attached hydrogens (tertiary/aromatic N) is 3. The van der Waals surface area contributed by atoms with Crippen LogP contribution in [0.15, 0.2) is 73.1 Å². The SMILES string of the molecule is C=C1NCC2(CCN(C)CC2)N1.NC(=O)c1nc(Cl)c(N)nc1N.O=Cc1ccc(OCc2ccc3cc(OCC(O)CO)ccc3c2)cc1. The summed E-state index contributed by atoms with van der Waals surface area (Å²) in [5.74, 6) is 1.41. The van der Waals surface area contributed by atoms with E-state index in [1.165, 1.54) is 25.9 Å². The smallest absolute Gasteiger partial charge is 0.271 e. The molecule has 1 amide bonds. The standard InChI is InChI=1S/C21H20O5.C9H17N3.C5H6ClN5O/c22-11-15-2-6-20(7-3-15)25-13-16-1-4-18-10-21(8-5-17(18)9-16)26-14-19(24)12-23;1-8-10-7-9(11-8)3-5-12(2)6-4-9;6-2-4(8)11-3(7)1(10-2)5(9)12/h1-11,19,23-24H,12-14H2;10-11H,1,3-7H2,2H3;(H2,9,12)(H4,7,8,11).